The van der Waals surface area contributed by atoms with Crippen LogP contribution in [0.25, 0.3) is 33.4 Å². The Kier molecular flexibility index (Phi) is 5.13. The van der Waals surface area contributed by atoms with Gasteiger partial charge in [-0.25, -0.2) is 9.97 Å². The van der Waals surface area contributed by atoms with Gasteiger partial charge in [-0.05, 0) is 31.5 Å². The lowest BCUT2D eigenvalue weighted by atomic mass is 10.0. The van der Waals surface area contributed by atoms with E-state index in [4.69, 9.17) is 19.2 Å². The van der Waals surface area contributed by atoms with Crippen LogP contribution >= 0.6 is 0 Å². The summed E-state index contributed by atoms with van der Waals surface area (Å²) in [4.78, 5) is 12.0. The van der Waals surface area contributed by atoms with Crippen LogP contribution in [0.15, 0.2) is 35.1 Å². The standard InChI is InChI=1S/C22H24N6O3/c1-14-20(15(2)31-26-14)16-3-4-19-18(11-16)22(27-6-9-30-10-7-27)25-21(24-19)17-12-23-28(13-17)5-8-29/h3-4,11-13,29H,5-10H2,1-2H3. The molecule has 31 heavy (non-hydrogen) atoms. The first-order chi connectivity index (χ1) is 15.1. The zero-order chi connectivity index (χ0) is 21.4. The van der Waals surface area contributed by atoms with Crippen LogP contribution in [0.2, 0.25) is 0 Å². The monoisotopic (exact) mass is 420 g/mol. The van der Waals surface area contributed by atoms with Gasteiger partial charge in [0.15, 0.2) is 5.82 Å². The summed E-state index contributed by atoms with van der Waals surface area (Å²) in [5.41, 5.74) is 4.57. The number of hydrogen-bond donors (Lipinski definition) is 1. The van der Waals surface area contributed by atoms with Gasteiger partial charge in [0.2, 0.25) is 0 Å². The first kappa shape index (κ1) is 19.7. The number of aromatic nitrogens is 5. The summed E-state index contributed by atoms with van der Waals surface area (Å²) in [5, 5.41) is 18.5. The number of nitrogens with zero attached hydrogens (tertiary/aromatic N) is 6. The molecule has 0 saturated carbocycles. The fourth-order valence-electron chi connectivity index (χ4n) is 4.01. The Balaban J connectivity index is 1.66. The number of morpholine rings is 1. The number of hydrogen-bond acceptors (Lipinski definition) is 8. The maximum atomic E-state index is 9.18. The molecule has 3 aromatic heterocycles. The Morgan fingerprint density at radius 3 is 2.68 bits per heavy atom. The summed E-state index contributed by atoms with van der Waals surface area (Å²) in [6.45, 7) is 7.20. The van der Waals surface area contributed by atoms with Gasteiger partial charge in [-0.1, -0.05) is 11.2 Å². The molecule has 5 rings (SSSR count). The van der Waals surface area contributed by atoms with E-state index in [9.17, 15) is 5.11 Å². The first-order valence-corrected chi connectivity index (χ1v) is 10.4. The van der Waals surface area contributed by atoms with Gasteiger partial charge in [-0.15, -0.1) is 0 Å². The van der Waals surface area contributed by atoms with Gasteiger partial charge in [-0.3, -0.25) is 4.68 Å². The molecule has 160 valence electrons. The number of aliphatic hydroxyl groups excluding tert-OH is 1. The molecule has 1 saturated heterocycles. The van der Waals surface area contributed by atoms with Crippen molar-refractivity contribution in [2.45, 2.75) is 20.4 Å². The van der Waals surface area contributed by atoms with E-state index in [0.717, 1.165) is 58.0 Å². The van der Waals surface area contributed by atoms with Gasteiger partial charge < -0.3 is 19.3 Å². The summed E-state index contributed by atoms with van der Waals surface area (Å²) in [5.74, 6) is 2.29. The molecule has 0 atom stereocenters. The SMILES string of the molecule is Cc1noc(C)c1-c1ccc2nc(-c3cnn(CCO)c3)nc(N3CCOCC3)c2c1. The molecule has 1 aliphatic rings. The third kappa shape index (κ3) is 3.66. The van der Waals surface area contributed by atoms with Crippen molar-refractivity contribution in [2.24, 2.45) is 0 Å². The normalized spacial score (nSPS) is 14.5. The first-order valence-electron chi connectivity index (χ1n) is 10.4. The van der Waals surface area contributed by atoms with E-state index in [1.807, 2.05) is 32.2 Å². The van der Waals surface area contributed by atoms with Gasteiger partial charge >= 0.3 is 0 Å². The molecule has 9 nitrogen and oxygen atoms in total. The Morgan fingerprint density at radius 2 is 1.94 bits per heavy atom. The fraction of sp³-hybridized carbons (Fsp3) is 0.364. The summed E-state index contributed by atoms with van der Waals surface area (Å²) >= 11 is 0. The largest absolute Gasteiger partial charge is 0.394 e. The van der Waals surface area contributed by atoms with Crippen LogP contribution in [-0.4, -0.2) is 62.9 Å². The number of ether oxygens (including phenoxy) is 1. The Bertz CT molecular complexity index is 1210. The van der Waals surface area contributed by atoms with Crippen LogP contribution in [0, 0.1) is 13.8 Å². The third-order valence-electron chi connectivity index (χ3n) is 5.53. The number of fused-ring (bicyclic) bond motifs is 1. The molecular weight excluding hydrogens is 396 g/mol. The van der Waals surface area contributed by atoms with Crippen LogP contribution in [0.4, 0.5) is 5.82 Å². The van der Waals surface area contributed by atoms with Gasteiger partial charge in [0.25, 0.3) is 0 Å². The molecule has 1 aliphatic heterocycles. The molecule has 0 bridgehead atoms. The quantitative estimate of drug-likeness (QED) is 0.526. The van der Waals surface area contributed by atoms with Crippen molar-refractivity contribution in [3.05, 3.63) is 42.0 Å². The van der Waals surface area contributed by atoms with E-state index in [2.05, 4.69) is 21.2 Å². The molecular formula is C22H24N6O3. The number of anilines is 1. The second-order valence-corrected chi connectivity index (χ2v) is 7.62. The van der Waals surface area contributed by atoms with Crippen molar-refractivity contribution in [2.75, 3.05) is 37.8 Å². The van der Waals surface area contributed by atoms with Crippen LogP contribution < -0.4 is 4.90 Å². The Hall–Kier alpha value is -3.30. The van der Waals surface area contributed by atoms with Crippen molar-refractivity contribution >= 4 is 16.7 Å². The molecule has 1 fully saturated rings. The smallest absolute Gasteiger partial charge is 0.165 e. The highest BCUT2D eigenvalue weighted by atomic mass is 16.5. The number of aliphatic hydroxyl groups is 1. The van der Waals surface area contributed by atoms with E-state index in [1.165, 1.54) is 0 Å². The molecule has 0 aliphatic carbocycles. The maximum Gasteiger partial charge on any atom is 0.165 e. The number of aryl methyl sites for hydroxylation is 2. The van der Waals surface area contributed by atoms with Crippen LogP contribution in [-0.2, 0) is 11.3 Å². The van der Waals surface area contributed by atoms with Gasteiger partial charge in [0.1, 0.15) is 11.6 Å². The van der Waals surface area contributed by atoms with E-state index in [1.54, 1.807) is 10.9 Å². The van der Waals surface area contributed by atoms with Crippen molar-refractivity contribution in [3.8, 4) is 22.5 Å². The summed E-state index contributed by atoms with van der Waals surface area (Å²) in [6.07, 6.45) is 3.59. The number of benzene rings is 1. The molecule has 1 aromatic carbocycles. The molecule has 4 heterocycles. The zero-order valence-electron chi connectivity index (χ0n) is 17.6. The van der Waals surface area contributed by atoms with Gasteiger partial charge in [0.05, 0.1) is 49.3 Å². The van der Waals surface area contributed by atoms with Crippen LogP contribution in [0.5, 0.6) is 0 Å². The lowest BCUT2D eigenvalue weighted by Gasteiger charge is -2.29. The van der Waals surface area contributed by atoms with Crippen molar-refractivity contribution in [1.82, 2.24) is 24.9 Å². The highest BCUT2D eigenvalue weighted by Gasteiger charge is 2.20. The Labute approximate surface area is 179 Å². The average molecular weight is 420 g/mol. The second kappa shape index (κ2) is 8.09. The fourth-order valence-corrected chi connectivity index (χ4v) is 4.01. The third-order valence-corrected chi connectivity index (χ3v) is 5.53. The lowest BCUT2D eigenvalue weighted by molar-refractivity contribution is 0.122. The van der Waals surface area contributed by atoms with Gasteiger partial charge in [0, 0.05) is 30.2 Å². The van der Waals surface area contributed by atoms with Crippen molar-refractivity contribution in [1.29, 1.82) is 0 Å². The van der Waals surface area contributed by atoms with Crippen LogP contribution in [0.3, 0.4) is 0 Å². The van der Waals surface area contributed by atoms with E-state index in [-0.39, 0.29) is 6.61 Å². The maximum absolute atomic E-state index is 9.18. The van der Waals surface area contributed by atoms with E-state index in [0.29, 0.717) is 25.6 Å². The molecule has 0 unspecified atom stereocenters. The van der Waals surface area contributed by atoms with Crippen molar-refractivity contribution < 1.29 is 14.4 Å². The summed E-state index contributed by atoms with van der Waals surface area (Å²) < 4.78 is 12.6. The van der Waals surface area contributed by atoms with E-state index < -0.39 is 0 Å². The minimum absolute atomic E-state index is 0.0310. The summed E-state index contributed by atoms with van der Waals surface area (Å²) in [6, 6.07) is 6.18. The van der Waals surface area contributed by atoms with Gasteiger partial charge in [-0.2, -0.15) is 5.10 Å². The molecule has 0 amide bonds. The summed E-state index contributed by atoms with van der Waals surface area (Å²) in [7, 11) is 0. The van der Waals surface area contributed by atoms with Crippen molar-refractivity contribution in [3.63, 3.8) is 0 Å². The zero-order valence-corrected chi connectivity index (χ0v) is 17.6. The molecule has 4 aromatic rings. The second-order valence-electron chi connectivity index (χ2n) is 7.62. The van der Waals surface area contributed by atoms with E-state index >= 15 is 0 Å². The highest BCUT2D eigenvalue weighted by molar-refractivity contribution is 5.94. The molecule has 0 radical (unpaired) electrons. The minimum atomic E-state index is 0.0310. The number of rotatable bonds is 5. The highest BCUT2D eigenvalue weighted by Crippen LogP contribution is 2.34. The molecule has 0 spiro atoms. The lowest BCUT2D eigenvalue weighted by Crippen LogP contribution is -2.37. The molecule has 9 heteroatoms. The molecule has 1 N–H and O–H groups in total. The minimum Gasteiger partial charge on any atom is -0.394 e. The topological polar surface area (TPSA) is 102 Å². The Morgan fingerprint density at radius 1 is 1.10 bits per heavy atom. The predicted octanol–water partition coefficient (Wildman–Crippen LogP) is 2.59. The van der Waals surface area contributed by atoms with Crippen LogP contribution in [0.1, 0.15) is 11.5 Å². The average Bonchev–Trinajstić information content (AvgIpc) is 3.40. The predicted molar refractivity (Wildman–Crippen MR) is 116 cm³/mol.